The number of carbonyl (C=O) groups excluding carboxylic acids is 1. The average molecular weight is 480 g/mol. The minimum Gasteiger partial charge on any atom is -0.493 e. The summed E-state index contributed by atoms with van der Waals surface area (Å²) in [6.45, 7) is 6.20. The molecule has 1 aliphatic rings. The number of anilines is 1. The third-order valence-corrected chi connectivity index (χ3v) is 7.03. The van der Waals surface area contributed by atoms with Gasteiger partial charge in [0.15, 0.2) is 0 Å². The fourth-order valence-corrected chi connectivity index (χ4v) is 4.93. The Morgan fingerprint density at radius 3 is 2.69 bits per heavy atom. The fourth-order valence-electron chi connectivity index (χ4n) is 4.93. The predicted octanol–water partition coefficient (Wildman–Crippen LogP) is 6.35. The van der Waals surface area contributed by atoms with Crippen LogP contribution in [0.3, 0.4) is 0 Å². The summed E-state index contributed by atoms with van der Waals surface area (Å²) < 4.78 is 7.94. The Bertz CT molecular complexity index is 1340. The van der Waals surface area contributed by atoms with E-state index < -0.39 is 0 Å². The summed E-state index contributed by atoms with van der Waals surface area (Å²) >= 11 is 0. The fraction of sp³-hybridized carbons (Fsp3) is 0.290. The molecule has 0 spiro atoms. The van der Waals surface area contributed by atoms with Crippen LogP contribution in [0, 0.1) is 13.8 Å². The van der Waals surface area contributed by atoms with Gasteiger partial charge in [-0.25, -0.2) is 0 Å². The smallest absolute Gasteiger partial charge is 0.227 e. The van der Waals surface area contributed by atoms with Gasteiger partial charge in [-0.1, -0.05) is 54.6 Å². The summed E-state index contributed by atoms with van der Waals surface area (Å²) in [4.78, 5) is 15.2. The number of hydrogen-bond donors (Lipinski definition) is 0. The molecule has 1 amide bonds. The first-order valence-electron chi connectivity index (χ1n) is 12.8. The second-order valence-corrected chi connectivity index (χ2v) is 9.51. The number of rotatable bonds is 8. The normalized spacial score (nSPS) is 12.9. The van der Waals surface area contributed by atoms with Gasteiger partial charge >= 0.3 is 0 Å². The maximum absolute atomic E-state index is 13.2. The summed E-state index contributed by atoms with van der Waals surface area (Å²) in [5.41, 5.74) is 8.14. The number of aryl methyl sites for hydroxylation is 1. The number of hydrogen-bond acceptors (Lipinski definition) is 3. The van der Waals surface area contributed by atoms with E-state index in [4.69, 9.17) is 4.74 Å². The van der Waals surface area contributed by atoms with Crippen molar-refractivity contribution in [2.24, 2.45) is 0 Å². The summed E-state index contributed by atoms with van der Waals surface area (Å²) in [7, 11) is 0. The van der Waals surface area contributed by atoms with Crippen molar-refractivity contribution in [1.29, 1.82) is 0 Å². The summed E-state index contributed by atoms with van der Waals surface area (Å²) in [6.07, 6.45) is 7.15. The van der Waals surface area contributed by atoms with Gasteiger partial charge < -0.3 is 9.64 Å². The predicted molar refractivity (Wildman–Crippen MR) is 145 cm³/mol. The Kier molecular flexibility index (Phi) is 7.17. The molecule has 3 aromatic carbocycles. The second kappa shape index (κ2) is 10.8. The maximum atomic E-state index is 13.2. The molecule has 5 rings (SSSR count). The monoisotopic (exact) mass is 479 g/mol. The zero-order valence-electron chi connectivity index (χ0n) is 21.1. The first-order chi connectivity index (χ1) is 17.6. The second-order valence-electron chi connectivity index (χ2n) is 9.51. The van der Waals surface area contributed by atoms with Crippen molar-refractivity contribution in [3.05, 3.63) is 101 Å². The van der Waals surface area contributed by atoms with E-state index in [2.05, 4.69) is 73.7 Å². The first-order valence-corrected chi connectivity index (χ1v) is 12.8. The van der Waals surface area contributed by atoms with E-state index >= 15 is 0 Å². The molecule has 0 unspecified atom stereocenters. The molecule has 4 aromatic rings. The molecule has 5 heteroatoms. The highest BCUT2D eigenvalue weighted by Crippen LogP contribution is 2.35. The van der Waals surface area contributed by atoms with E-state index in [1.807, 2.05) is 34.0 Å². The lowest BCUT2D eigenvalue weighted by atomic mass is 9.93. The van der Waals surface area contributed by atoms with Crippen molar-refractivity contribution in [2.75, 3.05) is 18.1 Å². The van der Waals surface area contributed by atoms with E-state index in [0.29, 0.717) is 19.4 Å². The molecule has 184 valence electrons. The molecule has 5 nitrogen and oxygen atoms in total. The molecule has 0 N–H and O–H groups in total. The van der Waals surface area contributed by atoms with Crippen LogP contribution < -0.4 is 9.64 Å². The lowest BCUT2D eigenvalue weighted by molar-refractivity contribution is -0.118. The summed E-state index contributed by atoms with van der Waals surface area (Å²) in [5, 5.41) is 4.60. The molecular weight excluding hydrogens is 446 g/mol. The van der Waals surface area contributed by atoms with E-state index in [0.717, 1.165) is 48.5 Å². The number of fused-ring (bicyclic) bond motifs is 1. The topological polar surface area (TPSA) is 47.4 Å². The minimum absolute atomic E-state index is 0.164. The van der Waals surface area contributed by atoms with Gasteiger partial charge in [-0.05, 0) is 73.1 Å². The molecule has 0 saturated carbocycles. The van der Waals surface area contributed by atoms with Crippen LogP contribution in [0.1, 0.15) is 41.5 Å². The van der Waals surface area contributed by atoms with Gasteiger partial charge in [0, 0.05) is 30.4 Å². The van der Waals surface area contributed by atoms with Crippen LogP contribution in [0.25, 0.3) is 11.1 Å². The number of aromatic nitrogens is 2. The Hall–Kier alpha value is -3.86. The number of benzene rings is 3. The van der Waals surface area contributed by atoms with Crippen LogP contribution in [-0.2, 0) is 17.8 Å². The van der Waals surface area contributed by atoms with Crippen molar-refractivity contribution in [2.45, 2.75) is 46.1 Å². The Morgan fingerprint density at radius 2 is 1.83 bits per heavy atom. The standard InChI is InChI=1S/C31H33N3O2/c1-23-10-6-16-30(24(23)2)36-19-9-17-31(35)34-18-8-14-28-27(13-7-15-29(28)34)26-20-32-33(22-26)21-25-11-4-3-5-12-25/h3-7,10-13,15-16,20,22H,8-9,14,17-19,21H2,1-2H3. The van der Waals surface area contributed by atoms with Crippen molar-refractivity contribution < 1.29 is 9.53 Å². The molecule has 0 radical (unpaired) electrons. The lowest BCUT2D eigenvalue weighted by Crippen LogP contribution is -2.35. The van der Waals surface area contributed by atoms with Gasteiger partial charge in [0.05, 0.1) is 19.3 Å². The number of nitrogens with zero attached hydrogens (tertiary/aromatic N) is 3. The van der Waals surface area contributed by atoms with Crippen LogP contribution in [0.15, 0.2) is 79.1 Å². The quantitative estimate of drug-likeness (QED) is 0.277. The van der Waals surface area contributed by atoms with E-state index in [1.165, 1.54) is 22.3 Å². The molecule has 1 aromatic heterocycles. The Balaban J connectivity index is 1.25. The number of carbonyl (C=O) groups is 1. The molecule has 0 aliphatic carbocycles. The van der Waals surface area contributed by atoms with Crippen LogP contribution in [0.5, 0.6) is 5.75 Å². The summed E-state index contributed by atoms with van der Waals surface area (Å²) in [5.74, 6) is 1.07. The molecule has 0 atom stereocenters. The molecule has 2 heterocycles. The van der Waals surface area contributed by atoms with E-state index in [1.54, 1.807) is 0 Å². The van der Waals surface area contributed by atoms with Crippen LogP contribution in [-0.4, -0.2) is 28.8 Å². The number of ether oxygens (including phenoxy) is 1. The molecule has 36 heavy (non-hydrogen) atoms. The van der Waals surface area contributed by atoms with Crippen molar-refractivity contribution >= 4 is 11.6 Å². The van der Waals surface area contributed by atoms with E-state index in [9.17, 15) is 4.79 Å². The lowest BCUT2D eigenvalue weighted by Gasteiger charge is -2.31. The van der Waals surface area contributed by atoms with Crippen molar-refractivity contribution in [1.82, 2.24) is 9.78 Å². The average Bonchev–Trinajstić information content (AvgIpc) is 3.37. The van der Waals surface area contributed by atoms with Crippen LogP contribution >= 0.6 is 0 Å². The SMILES string of the molecule is Cc1cccc(OCCCC(=O)N2CCCc3c(-c4cnn(Cc5ccccc5)c4)cccc32)c1C. The third-order valence-electron chi connectivity index (χ3n) is 7.03. The highest BCUT2D eigenvalue weighted by molar-refractivity contribution is 5.96. The van der Waals surface area contributed by atoms with Gasteiger partial charge in [0.2, 0.25) is 5.91 Å². The van der Waals surface area contributed by atoms with Gasteiger partial charge in [-0.2, -0.15) is 5.10 Å². The van der Waals surface area contributed by atoms with Crippen LogP contribution in [0.4, 0.5) is 5.69 Å². The van der Waals surface area contributed by atoms with Gasteiger partial charge in [0.1, 0.15) is 5.75 Å². The molecular formula is C31H33N3O2. The molecule has 0 fully saturated rings. The van der Waals surface area contributed by atoms with Gasteiger partial charge in [-0.3, -0.25) is 9.48 Å². The zero-order valence-corrected chi connectivity index (χ0v) is 21.1. The van der Waals surface area contributed by atoms with Crippen LogP contribution in [0.2, 0.25) is 0 Å². The third kappa shape index (κ3) is 5.20. The first kappa shape index (κ1) is 23.9. The molecule has 0 saturated heterocycles. The zero-order chi connectivity index (χ0) is 24.9. The Labute approximate surface area is 213 Å². The minimum atomic E-state index is 0.164. The van der Waals surface area contributed by atoms with Crippen molar-refractivity contribution in [3.8, 4) is 16.9 Å². The summed E-state index contributed by atoms with van der Waals surface area (Å²) in [6, 6.07) is 22.7. The maximum Gasteiger partial charge on any atom is 0.227 e. The highest BCUT2D eigenvalue weighted by atomic mass is 16.5. The largest absolute Gasteiger partial charge is 0.493 e. The number of amides is 1. The molecule has 1 aliphatic heterocycles. The van der Waals surface area contributed by atoms with Gasteiger partial charge in [-0.15, -0.1) is 0 Å². The molecule has 0 bridgehead atoms. The van der Waals surface area contributed by atoms with Crippen molar-refractivity contribution in [3.63, 3.8) is 0 Å². The highest BCUT2D eigenvalue weighted by Gasteiger charge is 2.24. The van der Waals surface area contributed by atoms with E-state index in [-0.39, 0.29) is 5.91 Å². The van der Waals surface area contributed by atoms with Gasteiger partial charge in [0.25, 0.3) is 0 Å². The Morgan fingerprint density at radius 1 is 1.00 bits per heavy atom.